The van der Waals surface area contributed by atoms with E-state index in [0.29, 0.717) is 15.7 Å². The van der Waals surface area contributed by atoms with E-state index in [1.165, 1.54) is 44.4 Å². The minimum Gasteiger partial charge on any atom is -0.441 e. The van der Waals surface area contributed by atoms with Crippen molar-refractivity contribution in [2.75, 3.05) is 32.0 Å². The van der Waals surface area contributed by atoms with E-state index in [1.54, 1.807) is 5.38 Å². The minimum atomic E-state index is -2.20. The van der Waals surface area contributed by atoms with Crippen LogP contribution >= 0.6 is 22.7 Å². The molecular formula is C50H73N17O21S2. The Bertz CT molecular complexity index is 3150. The molecule has 2 saturated heterocycles. The lowest BCUT2D eigenvalue weighted by atomic mass is 9.96. The van der Waals surface area contributed by atoms with Crippen LogP contribution < -0.4 is 61.0 Å². The number of rotatable bonds is 31. The first-order valence-electron chi connectivity index (χ1n) is 27.4. The Balaban J connectivity index is 1.31. The number of nitrogen functional groups attached to an aromatic ring is 1. The zero-order valence-electron chi connectivity index (χ0n) is 48.4. The fourth-order valence-corrected chi connectivity index (χ4v) is 10.8. The molecule has 6 heterocycles. The van der Waals surface area contributed by atoms with Crippen LogP contribution in [0.4, 0.5) is 10.6 Å². The van der Waals surface area contributed by atoms with Crippen LogP contribution in [0.25, 0.3) is 10.7 Å². The molecule has 26 N–H and O–H groups in total. The van der Waals surface area contributed by atoms with E-state index in [4.69, 9.17) is 58.1 Å². The molecule has 2 aliphatic rings. The van der Waals surface area contributed by atoms with Crippen molar-refractivity contribution in [1.29, 1.82) is 0 Å². The number of ether oxygens (including phenoxy) is 5. The summed E-state index contributed by atoms with van der Waals surface area (Å²) in [6.45, 7) is 2.60. The fourth-order valence-electron chi connectivity index (χ4n) is 9.15. The minimum absolute atomic E-state index is 0.0170. The summed E-state index contributed by atoms with van der Waals surface area (Å²) in [4.78, 5) is 129. The molecule has 0 bridgehead atoms. The topological polar surface area (TPSA) is 641 Å². The third kappa shape index (κ3) is 17.9. The van der Waals surface area contributed by atoms with Gasteiger partial charge in [0, 0.05) is 42.3 Å². The number of anilines is 1. The Hall–Kier alpha value is -7.65. The molecular weight excluding hydrogens is 1240 g/mol. The van der Waals surface area contributed by atoms with Gasteiger partial charge in [-0.2, -0.15) is 0 Å². The van der Waals surface area contributed by atoms with Gasteiger partial charge in [0.15, 0.2) is 18.7 Å². The van der Waals surface area contributed by atoms with Gasteiger partial charge in [0.2, 0.25) is 29.5 Å². The Morgan fingerprint density at radius 2 is 1.47 bits per heavy atom. The molecule has 0 saturated carbocycles. The zero-order valence-corrected chi connectivity index (χ0v) is 50.1. The third-order valence-electron chi connectivity index (χ3n) is 14.3. The zero-order chi connectivity index (χ0) is 66.6. The normalized spacial score (nSPS) is 24.8. The molecule has 19 unspecified atom stereocenters. The number of nitrogens with zero attached hydrogens (tertiary/aromatic N) is 5. The molecule has 4 aromatic heterocycles. The molecule has 40 heteroatoms. The van der Waals surface area contributed by atoms with E-state index in [2.05, 4.69) is 56.5 Å². The summed E-state index contributed by atoms with van der Waals surface area (Å²) in [7, 11) is 0. The number of thiazole rings is 2. The molecule has 19 atom stereocenters. The lowest BCUT2D eigenvalue weighted by molar-refractivity contribution is -0.372. The second-order valence-corrected chi connectivity index (χ2v) is 22.7. The van der Waals surface area contributed by atoms with Gasteiger partial charge in [0.1, 0.15) is 94.6 Å². The van der Waals surface area contributed by atoms with Crippen LogP contribution in [0, 0.1) is 12.8 Å². The summed E-state index contributed by atoms with van der Waals surface area (Å²) in [5.41, 5.74) is 33.1. The van der Waals surface area contributed by atoms with E-state index in [-0.39, 0.29) is 48.1 Å². The number of H-pyrrole nitrogens is 1. The standard InChI is InChI=1S/C50H73N17O21S2/c1-15-28(64-42(67-39(15)53)20(7-26(52)71)59-8-19(51)40(54)77)45(81)66-30(36(21-9-57-14-60-21)86-49-38(34(75)32(73)24(10-68)85-49)87-48-35(76)37(88-50(56)83)33(74)25(11-69)84-48)46(82)61-17(3)31(72)16(2)43(79)65-29(18(4)70)44(80)58-6-5-27-62-23(13-89-27)47-63-22(12-90-47)41(55)78/h9,12-14,16-20,24-25,29-38,48-49,59,68-70,72-76H,5-8,10-11,51H2,1-4H3,(H2,52,71)(H2,54,77)(H2,55,78)(H2,56,83)(H,57,60)(H,58,80)(H,61,82)(H,65,79)(H,66,81)(H2,53,64,67). The number of aliphatic hydroxyl groups is 8. The number of nitrogens with two attached hydrogens (primary N) is 6. The SMILES string of the molecule is Cc1c(N)nc(C(CC(N)=O)NCC(N)C(N)=O)nc1C(=O)NC(C(=O)NC(C)C(O)C(C)C(=O)NC(C(=O)NCCc1nc(-c2nc(C(N)=O)cs2)cs1)C(C)O)C(OC1OC(CO)C(O)C(O)C1OC1OC(CO)C(O)C(OC(N)=O)C1O)c1cnc[nH]1. The maximum absolute atomic E-state index is 15.1. The second-order valence-electron chi connectivity index (χ2n) is 20.9. The van der Waals surface area contributed by atoms with E-state index in [9.17, 15) is 74.4 Å². The highest BCUT2D eigenvalue weighted by molar-refractivity contribution is 7.14. The van der Waals surface area contributed by atoms with Gasteiger partial charge in [0.05, 0.1) is 72.7 Å². The Kier molecular flexibility index (Phi) is 25.3. The molecule has 8 amide bonds. The lowest BCUT2D eigenvalue weighted by Crippen LogP contribution is -2.65. The van der Waals surface area contributed by atoms with Crippen LogP contribution in [0.1, 0.15) is 82.4 Å². The molecule has 90 heavy (non-hydrogen) atoms. The number of aromatic nitrogens is 6. The Morgan fingerprint density at radius 3 is 2.07 bits per heavy atom. The van der Waals surface area contributed by atoms with Gasteiger partial charge < -0.3 is 131 Å². The molecule has 6 rings (SSSR count). The Morgan fingerprint density at radius 1 is 0.789 bits per heavy atom. The largest absolute Gasteiger partial charge is 0.441 e. The molecule has 2 aliphatic heterocycles. The highest BCUT2D eigenvalue weighted by atomic mass is 32.1. The van der Waals surface area contributed by atoms with Crippen LogP contribution in [0.3, 0.4) is 0 Å². The monoisotopic (exact) mass is 1310 g/mol. The first kappa shape index (κ1) is 71.4. The van der Waals surface area contributed by atoms with Crippen LogP contribution in [0.2, 0.25) is 0 Å². The van der Waals surface area contributed by atoms with Gasteiger partial charge >= 0.3 is 6.09 Å². The van der Waals surface area contributed by atoms with Gasteiger partial charge in [-0.25, -0.2) is 29.7 Å². The summed E-state index contributed by atoms with van der Waals surface area (Å²) in [6.07, 6.45) is -25.1. The van der Waals surface area contributed by atoms with Crippen molar-refractivity contribution in [3.8, 4) is 10.7 Å². The predicted molar refractivity (Wildman–Crippen MR) is 306 cm³/mol. The number of aliphatic hydroxyl groups excluding tert-OH is 8. The summed E-state index contributed by atoms with van der Waals surface area (Å²) in [6, 6.07) is -7.85. The number of amides is 8. The summed E-state index contributed by atoms with van der Waals surface area (Å²) in [5.74, 6) is -9.13. The van der Waals surface area contributed by atoms with Crippen molar-refractivity contribution in [2.24, 2.45) is 34.6 Å². The molecule has 2 fully saturated rings. The van der Waals surface area contributed by atoms with E-state index >= 15 is 4.79 Å². The summed E-state index contributed by atoms with van der Waals surface area (Å²) < 4.78 is 28.7. The molecule has 496 valence electrons. The Labute approximate surface area is 518 Å². The first-order chi connectivity index (χ1) is 42.5. The quantitative estimate of drug-likeness (QED) is 0.0222. The molecule has 0 aliphatic carbocycles. The number of carbonyl (C=O) groups is 8. The van der Waals surface area contributed by atoms with Crippen molar-refractivity contribution < 1.29 is 103 Å². The highest BCUT2D eigenvalue weighted by Crippen LogP contribution is 2.35. The van der Waals surface area contributed by atoms with E-state index in [0.717, 1.165) is 23.9 Å². The van der Waals surface area contributed by atoms with Crippen LogP contribution in [-0.4, -0.2) is 242 Å². The first-order valence-corrected chi connectivity index (χ1v) is 29.2. The number of aromatic amines is 1. The van der Waals surface area contributed by atoms with Crippen LogP contribution in [0.15, 0.2) is 23.3 Å². The van der Waals surface area contributed by atoms with Gasteiger partial charge in [-0.05, 0) is 20.8 Å². The average molecular weight is 1310 g/mol. The maximum atomic E-state index is 15.1. The lowest BCUT2D eigenvalue weighted by Gasteiger charge is -2.47. The average Bonchev–Trinajstić information content (AvgIpc) is 0.905. The van der Waals surface area contributed by atoms with Crippen molar-refractivity contribution in [3.05, 3.63) is 56.8 Å². The smallest absolute Gasteiger partial charge is 0.404 e. The fraction of sp³-hybridized carbons (Fsp3) is 0.580. The van der Waals surface area contributed by atoms with Crippen LogP contribution in [0.5, 0.6) is 0 Å². The van der Waals surface area contributed by atoms with Crippen molar-refractivity contribution in [2.45, 2.75) is 150 Å². The van der Waals surface area contributed by atoms with Gasteiger partial charge in [-0.15, -0.1) is 22.7 Å². The molecule has 38 nitrogen and oxygen atoms in total. The summed E-state index contributed by atoms with van der Waals surface area (Å²) >= 11 is 2.40. The van der Waals surface area contributed by atoms with Gasteiger partial charge in [0.25, 0.3) is 11.8 Å². The molecule has 0 aromatic carbocycles. The number of primary amides is 4. The predicted octanol–water partition coefficient (Wildman–Crippen LogP) is -8.60. The van der Waals surface area contributed by atoms with Crippen LogP contribution in [-0.2, 0) is 54.1 Å². The third-order valence-corrected chi connectivity index (χ3v) is 16.1. The second kappa shape index (κ2) is 31.9. The maximum Gasteiger partial charge on any atom is 0.404 e. The number of nitrogens with one attached hydrogen (secondary N) is 6. The molecule has 4 aromatic rings. The van der Waals surface area contributed by atoms with Gasteiger partial charge in [-0.3, -0.25) is 33.6 Å². The highest BCUT2D eigenvalue weighted by Gasteiger charge is 2.54. The van der Waals surface area contributed by atoms with Crippen molar-refractivity contribution >= 4 is 75.9 Å². The van der Waals surface area contributed by atoms with E-state index in [1.807, 2.05) is 0 Å². The number of hydrogen-bond acceptors (Lipinski definition) is 31. The number of carbonyl (C=O) groups excluding carboxylic acids is 8. The van der Waals surface area contributed by atoms with Crippen molar-refractivity contribution in [1.82, 2.24) is 56.5 Å². The van der Waals surface area contributed by atoms with Gasteiger partial charge in [-0.1, -0.05) is 6.92 Å². The summed E-state index contributed by atoms with van der Waals surface area (Å²) in [5, 5.41) is 105. The molecule has 0 radical (unpaired) electrons. The molecule has 0 spiro atoms. The van der Waals surface area contributed by atoms with Crippen molar-refractivity contribution in [3.63, 3.8) is 0 Å². The number of hydrogen-bond donors (Lipinski definition) is 20. The number of imidazole rings is 1. The van der Waals surface area contributed by atoms with E-state index < -0.39 is 189 Å².